The van der Waals surface area contributed by atoms with Gasteiger partial charge in [-0.15, -0.1) is 23.2 Å². The highest BCUT2D eigenvalue weighted by atomic mass is 35.5. The van der Waals surface area contributed by atoms with Crippen molar-refractivity contribution in [1.29, 1.82) is 0 Å². The first kappa shape index (κ1) is 13.7. The van der Waals surface area contributed by atoms with Gasteiger partial charge in [0.2, 0.25) is 5.91 Å². The van der Waals surface area contributed by atoms with Crippen LogP contribution in [0, 0.1) is 11.3 Å². The first-order valence-corrected chi connectivity index (χ1v) is 6.73. The van der Waals surface area contributed by atoms with Crippen molar-refractivity contribution in [2.24, 2.45) is 11.3 Å². The molecule has 1 aliphatic rings. The van der Waals surface area contributed by atoms with Gasteiger partial charge in [-0.2, -0.15) is 5.10 Å². The average molecular weight is 290 g/mol. The number of aromatic nitrogens is 2. The minimum absolute atomic E-state index is 0.155. The minimum atomic E-state index is -0.944. The fourth-order valence-electron chi connectivity index (χ4n) is 1.83. The van der Waals surface area contributed by atoms with Crippen LogP contribution in [0.4, 0.5) is 5.82 Å². The monoisotopic (exact) mass is 289 g/mol. The standard InChI is InChI=1S/C12H17Cl2N3O/c1-8(2)6-17-9(4-5-15-17)16-10(18)11(3)7-12(11,13)14/h4-5,8H,6-7H2,1-3H3,(H,16,18)/t11-/m1/s1. The van der Waals surface area contributed by atoms with Gasteiger partial charge in [0.1, 0.15) is 10.2 Å². The Kier molecular flexibility index (Phi) is 3.36. The van der Waals surface area contributed by atoms with Crippen LogP contribution in [0.3, 0.4) is 0 Å². The van der Waals surface area contributed by atoms with Gasteiger partial charge in [0.15, 0.2) is 0 Å². The second kappa shape index (κ2) is 4.42. The lowest BCUT2D eigenvalue weighted by atomic mass is 10.1. The molecule has 4 nitrogen and oxygen atoms in total. The number of alkyl halides is 2. The van der Waals surface area contributed by atoms with E-state index in [2.05, 4.69) is 24.3 Å². The Labute approximate surface area is 117 Å². The molecule has 0 bridgehead atoms. The average Bonchev–Trinajstić information content (AvgIpc) is 2.56. The van der Waals surface area contributed by atoms with Crippen LogP contribution in [0.15, 0.2) is 12.3 Å². The third-order valence-corrected chi connectivity index (χ3v) is 4.36. The van der Waals surface area contributed by atoms with E-state index in [1.165, 1.54) is 0 Å². The fourth-order valence-corrected chi connectivity index (χ4v) is 2.54. The first-order chi connectivity index (χ1) is 8.26. The molecule has 0 saturated heterocycles. The Morgan fingerprint density at radius 1 is 1.61 bits per heavy atom. The maximum Gasteiger partial charge on any atom is 0.234 e. The van der Waals surface area contributed by atoms with E-state index >= 15 is 0 Å². The van der Waals surface area contributed by atoms with Crippen molar-refractivity contribution >= 4 is 34.9 Å². The van der Waals surface area contributed by atoms with Crippen molar-refractivity contribution in [2.45, 2.75) is 38.1 Å². The molecule has 1 aromatic heterocycles. The maximum absolute atomic E-state index is 12.1. The number of nitrogens with one attached hydrogen (secondary N) is 1. The summed E-state index contributed by atoms with van der Waals surface area (Å²) < 4.78 is 0.832. The Balaban J connectivity index is 2.07. The number of rotatable bonds is 4. The molecule has 1 aromatic rings. The summed E-state index contributed by atoms with van der Waals surface area (Å²) in [5.41, 5.74) is -0.705. The zero-order valence-electron chi connectivity index (χ0n) is 10.7. The number of halogens is 2. The summed E-state index contributed by atoms with van der Waals surface area (Å²) in [6.07, 6.45) is 2.15. The van der Waals surface area contributed by atoms with E-state index in [0.29, 0.717) is 18.2 Å². The largest absolute Gasteiger partial charge is 0.310 e. The van der Waals surface area contributed by atoms with Crippen LogP contribution in [0.5, 0.6) is 0 Å². The molecule has 1 heterocycles. The maximum atomic E-state index is 12.1. The van der Waals surface area contributed by atoms with E-state index < -0.39 is 9.75 Å². The van der Waals surface area contributed by atoms with Crippen LogP contribution in [0.25, 0.3) is 0 Å². The third kappa shape index (κ3) is 2.36. The lowest BCUT2D eigenvalue weighted by Gasteiger charge is -2.14. The van der Waals surface area contributed by atoms with Crippen LogP contribution in [0.2, 0.25) is 0 Å². The van der Waals surface area contributed by atoms with Crippen molar-refractivity contribution in [3.63, 3.8) is 0 Å². The van der Waals surface area contributed by atoms with Gasteiger partial charge in [0, 0.05) is 12.6 Å². The number of amides is 1. The summed E-state index contributed by atoms with van der Waals surface area (Å²) in [6, 6.07) is 1.77. The van der Waals surface area contributed by atoms with E-state index in [4.69, 9.17) is 23.2 Å². The highest BCUT2D eigenvalue weighted by Gasteiger charge is 2.68. The molecular formula is C12H17Cl2N3O. The molecule has 0 spiro atoms. The van der Waals surface area contributed by atoms with Gasteiger partial charge < -0.3 is 5.32 Å². The molecule has 1 aliphatic carbocycles. The highest BCUT2D eigenvalue weighted by molar-refractivity contribution is 6.53. The zero-order chi connectivity index (χ0) is 13.6. The van der Waals surface area contributed by atoms with Gasteiger partial charge in [-0.25, -0.2) is 4.68 Å². The molecular weight excluding hydrogens is 273 g/mol. The van der Waals surface area contributed by atoms with Crippen LogP contribution >= 0.6 is 23.2 Å². The van der Waals surface area contributed by atoms with Crippen molar-refractivity contribution in [3.05, 3.63) is 12.3 Å². The van der Waals surface area contributed by atoms with Gasteiger partial charge in [0.05, 0.1) is 11.6 Å². The number of nitrogens with zero attached hydrogens (tertiary/aromatic N) is 2. The predicted molar refractivity (Wildman–Crippen MR) is 72.9 cm³/mol. The quantitative estimate of drug-likeness (QED) is 0.866. The van der Waals surface area contributed by atoms with Gasteiger partial charge in [-0.05, 0) is 19.3 Å². The summed E-state index contributed by atoms with van der Waals surface area (Å²) in [4.78, 5) is 12.1. The number of carbonyl (C=O) groups excluding carboxylic acids is 1. The normalized spacial score (nSPS) is 25.2. The summed E-state index contributed by atoms with van der Waals surface area (Å²) in [5, 5.41) is 7.03. The molecule has 0 radical (unpaired) electrons. The number of hydrogen-bond donors (Lipinski definition) is 1. The van der Waals surface area contributed by atoms with Crippen LogP contribution in [-0.4, -0.2) is 20.0 Å². The van der Waals surface area contributed by atoms with E-state index in [-0.39, 0.29) is 5.91 Å². The molecule has 1 amide bonds. The lowest BCUT2D eigenvalue weighted by molar-refractivity contribution is -0.120. The first-order valence-electron chi connectivity index (χ1n) is 5.97. The second-order valence-corrected chi connectivity index (χ2v) is 6.94. The molecule has 1 N–H and O–H groups in total. The summed E-state index contributed by atoms with van der Waals surface area (Å²) in [7, 11) is 0. The number of anilines is 1. The van der Waals surface area contributed by atoms with E-state index in [0.717, 1.165) is 6.54 Å². The van der Waals surface area contributed by atoms with Gasteiger partial charge in [0.25, 0.3) is 0 Å². The number of carbonyl (C=O) groups is 1. The molecule has 1 fully saturated rings. The minimum Gasteiger partial charge on any atom is -0.310 e. The molecule has 2 rings (SSSR count). The molecule has 100 valence electrons. The molecule has 0 aliphatic heterocycles. The van der Waals surface area contributed by atoms with E-state index in [9.17, 15) is 4.79 Å². The van der Waals surface area contributed by atoms with Crippen LogP contribution in [0.1, 0.15) is 27.2 Å². The van der Waals surface area contributed by atoms with Crippen molar-refractivity contribution in [2.75, 3.05) is 5.32 Å². The Hall–Kier alpha value is -0.740. The van der Waals surface area contributed by atoms with Crippen LogP contribution in [-0.2, 0) is 11.3 Å². The Morgan fingerprint density at radius 2 is 2.22 bits per heavy atom. The van der Waals surface area contributed by atoms with E-state index in [1.807, 2.05) is 0 Å². The predicted octanol–water partition coefficient (Wildman–Crippen LogP) is 3.06. The molecule has 6 heteroatoms. The topological polar surface area (TPSA) is 46.9 Å². The molecule has 1 atom stereocenters. The van der Waals surface area contributed by atoms with Crippen molar-refractivity contribution < 1.29 is 4.79 Å². The van der Waals surface area contributed by atoms with Gasteiger partial charge in [-0.1, -0.05) is 13.8 Å². The fraction of sp³-hybridized carbons (Fsp3) is 0.667. The summed E-state index contributed by atoms with van der Waals surface area (Å²) >= 11 is 12.0. The van der Waals surface area contributed by atoms with Crippen molar-refractivity contribution in [3.8, 4) is 0 Å². The van der Waals surface area contributed by atoms with E-state index in [1.54, 1.807) is 23.9 Å². The smallest absolute Gasteiger partial charge is 0.234 e. The Morgan fingerprint density at radius 3 is 2.72 bits per heavy atom. The lowest BCUT2D eigenvalue weighted by Crippen LogP contribution is -2.27. The SMILES string of the molecule is CC(C)Cn1nccc1NC(=O)[C@@]1(C)CC1(Cl)Cl. The highest BCUT2D eigenvalue weighted by Crippen LogP contribution is 2.64. The molecule has 0 unspecified atom stereocenters. The molecule has 0 aromatic carbocycles. The Bertz CT molecular complexity index is 470. The van der Waals surface area contributed by atoms with Crippen LogP contribution < -0.4 is 5.32 Å². The summed E-state index contributed by atoms with van der Waals surface area (Å²) in [5.74, 6) is 0.987. The zero-order valence-corrected chi connectivity index (χ0v) is 12.2. The third-order valence-electron chi connectivity index (χ3n) is 3.26. The second-order valence-electron chi connectivity index (χ2n) is 5.46. The molecule has 1 saturated carbocycles. The van der Waals surface area contributed by atoms with Gasteiger partial charge in [-0.3, -0.25) is 4.79 Å². The number of hydrogen-bond acceptors (Lipinski definition) is 2. The van der Waals surface area contributed by atoms with Crippen molar-refractivity contribution in [1.82, 2.24) is 9.78 Å². The van der Waals surface area contributed by atoms with Gasteiger partial charge >= 0.3 is 0 Å². The summed E-state index contributed by atoms with van der Waals surface area (Å²) in [6.45, 7) is 6.72. The molecule has 18 heavy (non-hydrogen) atoms.